The Hall–Kier alpha value is -0.683. The monoisotopic (exact) mass is 243 g/mol. The number of hydrogen-bond acceptors (Lipinski definition) is 4. The Morgan fingerprint density at radius 1 is 1.50 bits per heavy atom. The Kier molecular flexibility index (Phi) is 5.14. The predicted octanol–water partition coefficient (Wildman–Crippen LogP) is 1.55. The van der Waals surface area contributed by atoms with Crippen LogP contribution in [0.4, 0.5) is 0 Å². The molecule has 4 nitrogen and oxygen atoms in total. The first-order valence-corrected chi connectivity index (χ1v) is 8.28. The van der Waals surface area contributed by atoms with Crippen molar-refractivity contribution in [1.29, 1.82) is 0 Å². The molecule has 0 N–H and O–H groups in total. The van der Waals surface area contributed by atoms with Crippen molar-refractivity contribution in [3.8, 4) is 0 Å². The molecule has 5 heteroatoms. The van der Waals surface area contributed by atoms with Gasteiger partial charge in [-0.15, -0.1) is 0 Å². The second-order valence-electron chi connectivity index (χ2n) is 4.29. The summed E-state index contributed by atoms with van der Waals surface area (Å²) in [6.07, 6.45) is 1.79. The molecule has 0 spiro atoms. The van der Waals surface area contributed by atoms with Crippen molar-refractivity contribution in [1.82, 2.24) is 0 Å². The molecule has 1 aliphatic rings. The van der Waals surface area contributed by atoms with Gasteiger partial charge in [0, 0.05) is 12.3 Å². The highest BCUT2D eigenvalue weighted by molar-refractivity contribution is 6.57. The van der Waals surface area contributed by atoms with Gasteiger partial charge in [0.2, 0.25) is 0 Å². The lowest BCUT2D eigenvalue weighted by molar-refractivity contribution is -0.153. The zero-order valence-corrected chi connectivity index (χ0v) is 11.1. The molecular weight excluding hydrogens is 224 g/mol. The van der Waals surface area contributed by atoms with E-state index in [4.69, 9.17) is 4.74 Å². The van der Waals surface area contributed by atoms with E-state index in [1.807, 2.05) is 6.92 Å². The predicted molar refractivity (Wildman–Crippen MR) is 61.3 cm³/mol. The van der Waals surface area contributed by atoms with Crippen molar-refractivity contribution in [2.24, 2.45) is 5.92 Å². The summed E-state index contributed by atoms with van der Waals surface area (Å²) in [6, 6.07) is 0. The number of ether oxygens (including phenoxy) is 2. The highest BCUT2D eigenvalue weighted by Crippen LogP contribution is 2.22. The summed E-state index contributed by atoms with van der Waals surface area (Å²) < 4.78 is 10.1. The minimum Gasteiger partial charge on any atom is -0.393 e. The number of hydrogen-bond donors (Lipinski definition) is 0. The Morgan fingerprint density at radius 2 is 2.19 bits per heavy atom. The zero-order chi connectivity index (χ0) is 12.1. The van der Waals surface area contributed by atoms with Crippen molar-refractivity contribution in [3.05, 3.63) is 0 Å². The second kappa shape index (κ2) is 6.15. The maximum Gasteiger partial charge on any atom is 0.317 e. The summed E-state index contributed by atoms with van der Waals surface area (Å²) in [4.78, 5) is 22.1. The van der Waals surface area contributed by atoms with Gasteiger partial charge in [0.25, 0.3) is 0 Å². The molecule has 0 bridgehead atoms. The van der Waals surface area contributed by atoms with Crippen molar-refractivity contribution < 1.29 is 19.1 Å². The van der Waals surface area contributed by atoms with Crippen LogP contribution in [-0.4, -0.2) is 33.1 Å². The van der Waals surface area contributed by atoms with Crippen LogP contribution in [0, 0.1) is 5.92 Å². The lowest BCUT2D eigenvalue weighted by Crippen LogP contribution is -2.29. The summed E-state index contributed by atoms with van der Waals surface area (Å²) in [5.41, 5.74) is 0.263. The van der Waals surface area contributed by atoms with Gasteiger partial charge in [-0.2, -0.15) is 0 Å². The SMILES string of the molecule is CCOC(CCC1CC(=O)OC1=O)[Si](C)C. The largest absolute Gasteiger partial charge is 0.393 e. The Bertz CT molecular complexity index is 265. The average molecular weight is 243 g/mol. The highest BCUT2D eigenvalue weighted by Gasteiger charge is 2.33. The minimum absolute atomic E-state index is 0.239. The summed E-state index contributed by atoms with van der Waals surface area (Å²) in [5.74, 6) is -0.987. The summed E-state index contributed by atoms with van der Waals surface area (Å²) in [7, 11) is -0.517. The first-order chi connectivity index (χ1) is 7.54. The van der Waals surface area contributed by atoms with E-state index in [9.17, 15) is 9.59 Å². The number of rotatable bonds is 6. The van der Waals surface area contributed by atoms with E-state index < -0.39 is 8.80 Å². The molecule has 16 heavy (non-hydrogen) atoms. The molecule has 1 radical (unpaired) electrons. The van der Waals surface area contributed by atoms with Gasteiger partial charge in [-0.1, -0.05) is 13.1 Å². The van der Waals surface area contributed by atoms with Crippen molar-refractivity contribution >= 4 is 20.7 Å². The highest BCUT2D eigenvalue weighted by atomic mass is 28.3. The summed E-state index contributed by atoms with van der Waals surface area (Å²) >= 11 is 0. The Balaban J connectivity index is 2.37. The van der Waals surface area contributed by atoms with Gasteiger partial charge in [0.05, 0.1) is 21.1 Å². The van der Waals surface area contributed by atoms with Crippen molar-refractivity contribution in [2.75, 3.05) is 6.61 Å². The van der Waals surface area contributed by atoms with Crippen LogP contribution in [-0.2, 0) is 19.1 Å². The molecule has 91 valence electrons. The first kappa shape index (κ1) is 13.4. The van der Waals surface area contributed by atoms with E-state index in [0.29, 0.717) is 13.0 Å². The molecule has 1 rings (SSSR count). The molecule has 0 aliphatic carbocycles. The molecule has 0 aromatic rings. The van der Waals surface area contributed by atoms with E-state index in [0.717, 1.165) is 6.42 Å². The van der Waals surface area contributed by atoms with Crippen LogP contribution in [0.25, 0.3) is 0 Å². The van der Waals surface area contributed by atoms with E-state index in [-0.39, 0.29) is 30.0 Å². The molecule has 2 atom stereocenters. The minimum atomic E-state index is -0.517. The van der Waals surface area contributed by atoms with E-state index in [2.05, 4.69) is 17.8 Å². The van der Waals surface area contributed by atoms with Crippen LogP contribution in [0.2, 0.25) is 13.1 Å². The molecule has 0 amide bonds. The van der Waals surface area contributed by atoms with Gasteiger partial charge in [0.1, 0.15) is 0 Å². The lowest BCUT2D eigenvalue weighted by Gasteiger charge is -2.20. The molecule has 1 saturated heterocycles. The van der Waals surface area contributed by atoms with Gasteiger partial charge < -0.3 is 9.47 Å². The number of carbonyl (C=O) groups is 2. The molecule has 2 unspecified atom stereocenters. The Morgan fingerprint density at radius 3 is 2.62 bits per heavy atom. The van der Waals surface area contributed by atoms with Gasteiger partial charge in [0.15, 0.2) is 0 Å². The molecule has 0 aromatic carbocycles. The fourth-order valence-corrected chi connectivity index (χ4v) is 3.08. The molecule has 1 heterocycles. The molecular formula is C11H19O4Si. The van der Waals surface area contributed by atoms with Gasteiger partial charge in [-0.25, -0.2) is 0 Å². The van der Waals surface area contributed by atoms with Crippen LogP contribution in [0.3, 0.4) is 0 Å². The second-order valence-corrected chi connectivity index (χ2v) is 7.09. The van der Waals surface area contributed by atoms with Crippen LogP contribution in [0.1, 0.15) is 26.2 Å². The number of cyclic esters (lactones) is 2. The molecule has 0 aromatic heterocycles. The topological polar surface area (TPSA) is 52.6 Å². The van der Waals surface area contributed by atoms with Gasteiger partial charge in [-0.3, -0.25) is 9.59 Å². The van der Waals surface area contributed by atoms with Crippen LogP contribution < -0.4 is 0 Å². The summed E-state index contributed by atoms with van der Waals surface area (Å²) in [5, 5.41) is 0. The smallest absolute Gasteiger partial charge is 0.317 e. The standard InChI is InChI=1S/C11H19O4Si/c1-4-14-10(16(2)3)6-5-8-7-9(12)15-11(8)13/h8,10H,4-7H2,1-3H3. The third kappa shape index (κ3) is 3.72. The zero-order valence-electron chi connectivity index (χ0n) is 10.1. The van der Waals surface area contributed by atoms with Gasteiger partial charge >= 0.3 is 11.9 Å². The average Bonchev–Trinajstić information content (AvgIpc) is 2.51. The summed E-state index contributed by atoms with van der Waals surface area (Å²) in [6.45, 7) is 7.08. The molecule has 1 aliphatic heterocycles. The number of esters is 2. The quantitative estimate of drug-likeness (QED) is 0.403. The van der Waals surface area contributed by atoms with E-state index in [1.165, 1.54) is 0 Å². The van der Waals surface area contributed by atoms with Crippen molar-refractivity contribution in [2.45, 2.75) is 45.0 Å². The fraction of sp³-hybridized carbons (Fsp3) is 0.818. The maximum atomic E-state index is 11.2. The van der Waals surface area contributed by atoms with Crippen LogP contribution in [0.15, 0.2) is 0 Å². The van der Waals surface area contributed by atoms with Gasteiger partial charge in [-0.05, 0) is 19.8 Å². The Labute approximate surface area is 97.9 Å². The molecule has 0 saturated carbocycles. The third-order valence-corrected chi connectivity index (χ3v) is 4.49. The molecule has 1 fully saturated rings. The van der Waals surface area contributed by atoms with Crippen LogP contribution in [0.5, 0.6) is 0 Å². The lowest BCUT2D eigenvalue weighted by atomic mass is 10.0. The maximum absolute atomic E-state index is 11.2. The van der Waals surface area contributed by atoms with Crippen LogP contribution >= 0.6 is 0 Å². The first-order valence-electron chi connectivity index (χ1n) is 5.70. The normalized spacial score (nSPS) is 22.6. The fourth-order valence-electron chi connectivity index (χ4n) is 1.83. The van der Waals surface area contributed by atoms with Crippen molar-refractivity contribution in [3.63, 3.8) is 0 Å². The van der Waals surface area contributed by atoms with E-state index >= 15 is 0 Å². The van der Waals surface area contributed by atoms with E-state index in [1.54, 1.807) is 0 Å². The third-order valence-electron chi connectivity index (χ3n) is 2.75. The number of carbonyl (C=O) groups excluding carboxylic acids is 2.